The van der Waals surface area contributed by atoms with Crippen molar-refractivity contribution in [1.29, 1.82) is 0 Å². The van der Waals surface area contributed by atoms with E-state index in [1.54, 1.807) is 22.8 Å². The number of amides is 1. The molecule has 2 aromatic rings. The van der Waals surface area contributed by atoms with Crippen molar-refractivity contribution in [2.45, 2.75) is 49.4 Å². The molecule has 7 heteroatoms. The summed E-state index contributed by atoms with van der Waals surface area (Å²) in [6.07, 6.45) is 7.69. The fraction of sp³-hybridized carbons (Fsp3) is 0.500. The number of para-hydroxylation sites is 1. The van der Waals surface area contributed by atoms with E-state index in [4.69, 9.17) is 0 Å². The lowest BCUT2D eigenvalue weighted by molar-refractivity contribution is -0.120. The molecule has 1 saturated carbocycles. The van der Waals surface area contributed by atoms with Gasteiger partial charge in [-0.1, -0.05) is 43.2 Å². The highest BCUT2D eigenvalue weighted by molar-refractivity contribution is 8.00. The number of hydrogen-bond acceptors (Lipinski definition) is 4. The molecule has 1 N–H and O–H groups in total. The first-order valence-corrected chi connectivity index (χ1v) is 9.62. The van der Waals surface area contributed by atoms with Crippen LogP contribution < -0.4 is 5.32 Å². The number of carbonyl (C=O) groups is 1. The average Bonchev–Trinajstić information content (AvgIpc) is 3.08. The highest BCUT2D eigenvalue weighted by Gasteiger charge is 2.21. The summed E-state index contributed by atoms with van der Waals surface area (Å²) in [5.74, 6) is 0.231. The van der Waals surface area contributed by atoms with E-state index >= 15 is 0 Å². The molecule has 1 atom stereocenters. The molecule has 1 heterocycles. The summed E-state index contributed by atoms with van der Waals surface area (Å²) in [6, 6.07) is 6.45. The van der Waals surface area contributed by atoms with Gasteiger partial charge in [0.05, 0.1) is 10.9 Å². The zero-order valence-electron chi connectivity index (χ0n) is 14.3. The molecule has 0 radical (unpaired) electrons. The summed E-state index contributed by atoms with van der Waals surface area (Å²) in [4.78, 5) is 12.4. The highest BCUT2D eigenvalue weighted by atomic mass is 32.2. The summed E-state index contributed by atoms with van der Waals surface area (Å²) in [7, 11) is 0. The van der Waals surface area contributed by atoms with Crippen LogP contribution in [0.25, 0.3) is 5.69 Å². The number of nitrogens with zero attached hydrogens (tertiary/aromatic N) is 3. The van der Waals surface area contributed by atoms with Crippen molar-refractivity contribution in [2.75, 3.05) is 6.54 Å². The molecule has 1 aromatic carbocycles. The molecule has 25 heavy (non-hydrogen) atoms. The van der Waals surface area contributed by atoms with Gasteiger partial charge in [0.1, 0.15) is 12.1 Å². The van der Waals surface area contributed by atoms with E-state index in [-0.39, 0.29) is 17.0 Å². The third kappa shape index (κ3) is 4.60. The van der Waals surface area contributed by atoms with E-state index in [9.17, 15) is 9.18 Å². The molecule has 0 aliphatic heterocycles. The molecule has 5 nitrogen and oxygen atoms in total. The summed E-state index contributed by atoms with van der Waals surface area (Å²) >= 11 is 1.29. The number of halogens is 1. The maximum atomic E-state index is 14.0. The number of aromatic nitrogens is 3. The van der Waals surface area contributed by atoms with Crippen LogP contribution in [-0.4, -0.2) is 32.5 Å². The number of hydrogen-bond donors (Lipinski definition) is 1. The summed E-state index contributed by atoms with van der Waals surface area (Å²) < 4.78 is 15.6. The lowest BCUT2D eigenvalue weighted by Gasteiger charge is -2.22. The minimum absolute atomic E-state index is 0.0151. The van der Waals surface area contributed by atoms with Crippen molar-refractivity contribution >= 4 is 17.7 Å². The third-order valence-corrected chi connectivity index (χ3v) is 5.63. The van der Waals surface area contributed by atoms with Gasteiger partial charge in [0.2, 0.25) is 5.91 Å². The Morgan fingerprint density at radius 2 is 2.12 bits per heavy atom. The van der Waals surface area contributed by atoms with Crippen molar-refractivity contribution < 1.29 is 9.18 Å². The SMILES string of the molecule is C[C@H](Sc1nncn1-c1ccccc1F)C(=O)NCC1CCCCC1. The van der Waals surface area contributed by atoms with Crippen LogP contribution >= 0.6 is 11.8 Å². The average molecular weight is 362 g/mol. The predicted molar refractivity (Wildman–Crippen MR) is 96.2 cm³/mol. The van der Waals surface area contributed by atoms with Crippen LogP contribution in [0.4, 0.5) is 4.39 Å². The normalized spacial score (nSPS) is 16.6. The zero-order chi connectivity index (χ0) is 17.6. The Bertz CT molecular complexity index is 715. The maximum absolute atomic E-state index is 14.0. The van der Waals surface area contributed by atoms with Crippen molar-refractivity contribution in [1.82, 2.24) is 20.1 Å². The van der Waals surface area contributed by atoms with Gasteiger partial charge < -0.3 is 5.32 Å². The number of rotatable bonds is 6. The van der Waals surface area contributed by atoms with Gasteiger partial charge in [-0.25, -0.2) is 4.39 Å². The van der Waals surface area contributed by atoms with E-state index < -0.39 is 0 Å². The minimum atomic E-state index is -0.349. The van der Waals surface area contributed by atoms with Crippen LogP contribution in [0.1, 0.15) is 39.0 Å². The topological polar surface area (TPSA) is 59.8 Å². The van der Waals surface area contributed by atoms with Gasteiger partial charge in [-0.15, -0.1) is 10.2 Å². The zero-order valence-corrected chi connectivity index (χ0v) is 15.1. The largest absolute Gasteiger partial charge is 0.355 e. The third-order valence-electron chi connectivity index (χ3n) is 4.57. The van der Waals surface area contributed by atoms with Gasteiger partial charge in [0, 0.05) is 6.54 Å². The lowest BCUT2D eigenvalue weighted by atomic mass is 9.89. The Hall–Kier alpha value is -1.89. The Morgan fingerprint density at radius 1 is 1.36 bits per heavy atom. The van der Waals surface area contributed by atoms with Gasteiger partial charge in [-0.05, 0) is 37.8 Å². The van der Waals surface area contributed by atoms with Crippen LogP contribution in [0.3, 0.4) is 0 Å². The molecule has 0 saturated heterocycles. The predicted octanol–water partition coefficient (Wildman–Crippen LogP) is 3.58. The lowest BCUT2D eigenvalue weighted by Crippen LogP contribution is -2.35. The Kier molecular flexibility index (Phi) is 6.07. The maximum Gasteiger partial charge on any atom is 0.233 e. The van der Waals surface area contributed by atoms with Crippen molar-refractivity contribution in [3.8, 4) is 5.69 Å². The first-order chi connectivity index (χ1) is 12.1. The molecule has 134 valence electrons. The van der Waals surface area contributed by atoms with Gasteiger partial charge in [0.15, 0.2) is 5.16 Å². The van der Waals surface area contributed by atoms with Crippen LogP contribution in [0, 0.1) is 11.7 Å². The smallest absolute Gasteiger partial charge is 0.233 e. The van der Waals surface area contributed by atoms with E-state index in [2.05, 4.69) is 15.5 Å². The fourth-order valence-corrected chi connectivity index (χ4v) is 3.97. The monoisotopic (exact) mass is 362 g/mol. The second-order valence-electron chi connectivity index (χ2n) is 6.44. The first kappa shape index (κ1) is 17.9. The van der Waals surface area contributed by atoms with E-state index in [1.807, 2.05) is 6.92 Å². The summed E-state index contributed by atoms with van der Waals surface area (Å²) in [6.45, 7) is 2.57. The number of carbonyl (C=O) groups excluding carboxylic acids is 1. The van der Waals surface area contributed by atoms with Crippen LogP contribution in [-0.2, 0) is 4.79 Å². The van der Waals surface area contributed by atoms with Crippen LogP contribution in [0.5, 0.6) is 0 Å². The number of benzene rings is 1. The van der Waals surface area contributed by atoms with Crippen molar-refractivity contribution in [2.24, 2.45) is 5.92 Å². The quantitative estimate of drug-likeness (QED) is 0.798. The van der Waals surface area contributed by atoms with Gasteiger partial charge in [-0.2, -0.15) is 0 Å². The number of nitrogens with one attached hydrogen (secondary N) is 1. The molecule has 1 amide bonds. The Morgan fingerprint density at radius 3 is 2.88 bits per heavy atom. The summed E-state index contributed by atoms with van der Waals surface area (Å²) in [5.41, 5.74) is 0.379. The molecule has 1 aliphatic carbocycles. The number of thioether (sulfide) groups is 1. The van der Waals surface area contributed by atoms with E-state index in [0.717, 1.165) is 6.54 Å². The van der Waals surface area contributed by atoms with Crippen molar-refractivity contribution in [3.63, 3.8) is 0 Å². The second kappa shape index (κ2) is 8.47. The second-order valence-corrected chi connectivity index (χ2v) is 7.75. The molecule has 1 aliphatic rings. The van der Waals surface area contributed by atoms with Gasteiger partial charge in [0.25, 0.3) is 0 Å². The first-order valence-electron chi connectivity index (χ1n) is 8.74. The Labute approximate surface area is 151 Å². The van der Waals surface area contributed by atoms with E-state index in [1.165, 1.54) is 56.3 Å². The minimum Gasteiger partial charge on any atom is -0.355 e. The fourth-order valence-electron chi connectivity index (χ4n) is 3.11. The highest BCUT2D eigenvalue weighted by Crippen LogP contribution is 2.26. The molecule has 0 unspecified atom stereocenters. The molecule has 0 bridgehead atoms. The van der Waals surface area contributed by atoms with Gasteiger partial charge >= 0.3 is 0 Å². The summed E-state index contributed by atoms with van der Waals surface area (Å²) in [5, 5.41) is 11.1. The molecule has 1 fully saturated rings. The standard InChI is InChI=1S/C18H23FN4OS/c1-13(17(24)20-11-14-7-3-2-4-8-14)25-18-22-21-12-23(18)16-10-6-5-9-15(16)19/h5-6,9-10,12-14H,2-4,7-8,11H2,1H3,(H,20,24)/t13-/m0/s1. The van der Waals surface area contributed by atoms with Crippen LogP contribution in [0.2, 0.25) is 0 Å². The molecular formula is C18H23FN4OS. The Balaban J connectivity index is 1.59. The van der Waals surface area contributed by atoms with Crippen molar-refractivity contribution in [3.05, 3.63) is 36.4 Å². The van der Waals surface area contributed by atoms with Gasteiger partial charge in [-0.3, -0.25) is 9.36 Å². The van der Waals surface area contributed by atoms with E-state index in [0.29, 0.717) is 16.8 Å². The molecule has 0 spiro atoms. The molecular weight excluding hydrogens is 339 g/mol. The molecule has 1 aromatic heterocycles. The van der Waals surface area contributed by atoms with Crippen LogP contribution in [0.15, 0.2) is 35.7 Å². The molecule has 3 rings (SSSR count).